The van der Waals surface area contributed by atoms with Crippen molar-refractivity contribution < 1.29 is 0 Å². The third-order valence-electron chi connectivity index (χ3n) is 5.19. The van der Waals surface area contributed by atoms with E-state index in [1.165, 1.54) is 22.6 Å². The van der Waals surface area contributed by atoms with Crippen LogP contribution in [0.5, 0.6) is 0 Å². The number of likely N-dealkylation sites (tertiary alicyclic amines) is 1. The molecule has 1 aromatic carbocycles. The predicted octanol–water partition coefficient (Wildman–Crippen LogP) is 4.39. The molecule has 1 aliphatic rings. The van der Waals surface area contributed by atoms with Crippen molar-refractivity contribution in [3.8, 4) is 10.6 Å². The van der Waals surface area contributed by atoms with E-state index in [2.05, 4.69) is 50.4 Å². The zero-order chi connectivity index (χ0) is 17.3. The number of H-pyrrole nitrogens is 2. The molecule has 1 aliphatic heterocycles. The lowest BCUT2D eigenvalue weighted by Gasteiger charge is -2.30. The Morgan fingerprint density at radius 1 is 1.08 bits per heavy atom. The van der Waals surface area contributed by atoms with Gasteiger partial charge in [-0.25, -0.2) is 4.98 Å². The summed E-state index contributed by atoms with van der Waals surface area (Å²) in [6.07, 6.45) is 4.13. The Bertz CT molecular complexity index is 959. The highest BCUT2D eigenvalue weighted by molar-refractivity contribution is 7.15. The number of aromatic amines is 2. The maximum absolute atomic E-state index is 4.80. The molecule has 0 bridgehead atoms. The minimum absolute atomic E-state index is 0.544. The highest BCUT2D eigenvalue weighted by Crippen LogP contribution is 2.31. The van der Waals surface area contributed by atoms with Crippen LogP contribution in [-0.4, -0.2) is 38.2 Å². The fourth-order valence-corrected chi connectivity index (χ4v) is 4.78. The molecule has 1 saturated heterocycles. The quantitative estimate of drug-likeness (QED) is 0.565. The number of benzene rings is 1. The molecule has 0 radical (unpaired) electrons. The van der Waals surface area contributed by atoms with E-state index in [0.717, 1.165) is 42.2 Å². The molecular formula is C20H21N5S. The van der Waals surface area contributed by atoms with E-state index < -0.39 is 0 Å². The Labute approximate surface area is 156 Å². The van der Waals surface area contributed by atoms with E-state index in [4.69, 9.17) is 4.98 Å². The van der Waals surface area contributed by atoms with Gasteiger partial charge in [0.25, 0.3) is 0 Å². The monoisotopic (exact) mass is 363 g/mol. The molecule has 0 unspecified atom stereocenters. The van der Waals surface area contributed by atoms with Gasteiger partial charge in [0.05, 0.1) is 21.6 Å². The van der Waals surface area contributed by atoms with E-state index in [1.54, 1.807) is 6.20 Å². The van der Waals surface area contributed by atoms with Crippen molar-refractivity contribution in [3.63, 3.8) is 0 Å². The molecule has 132 valence electrons. The number of fused-ring (bicyclic) bond motifs is 1. The maximum Gasteiger partial charge on any atom is 0.110 e. The molecule has 4 aromatic rings. The van der Waals surface area contributed by atoms with Crippen LogP contribution < -0.4 is 0 Å². The third kappa shape index (κ3) is 3.06. The Kier molecular flexibility index (Phi) is 4.07. The zero-order valence-electron chi connectivity index (χ0n) is 14.5. The number of nitrogens with one attached hydrogen (secondary N) is 2. The first-order valence-corrected chi connectivity index (χ1v) is 9.92. The second-order valence-electron chi connectivity index (χ2n) is 6.93. The molecule has 2 N–H and O–H groups in total. The van der Waals surface area contributed by atoms with Crippen LogP contribution in [0.4, 0.5) is 0 Å². The number of aromatic nitrogens is 4. The smallest absolute Gasteiger partial charge is 0.110 e. The van der Waals surface area contributed by atoms with E-state index in [1.807, 2.05) is 23.5 Å². The molecule has 1 fully saturated rings. The first-order chi connectivity index (χ1) is 12.8. The summed E-state index contributed by atoms with van der Waals surface area (Å²) in [5, 5.41) is 7.08. The van der Waals surface area contributed by atoms with Gasteiger partial charge in [-0.1, -0.05) is 12.1 Å². The Morgan fingerprint density at radius 2 is 1.96 bits per heavy atom. The van der Waals surface area contributed by atoms with Gasteiger partial charge < -0.3 is 4.98 Å². The molecule has 4 heterocycles. The van der Waals surface area contributed by atoms with Crippen LogP contribution >= 0.6 is 11.3 Å². The number of imidazole rings is 1. The SMILES string of the molecule is c1ccc2[nH]c(C3CCN(Cc4ccc(-c5ccn[nH]5)s4)CC3)nc2c1. The van der Waals surface area contributed by atoms with E-state index in [-0.39, 0.29) is 0 Å². The summed E-state index contributed by atoms with van der Waals surface area (Å²) >= 11 is 1.85. The van der Waals surface area contributed by atoms with Crippen molar-refractivity contribution in [3.05, 3.63) is 59.4 Å². The van der Waals surface area contributed by atoms with Crippen LogP contribution in [0.1, 0.15) is 29.5 Å². The van der Waals surface area contributed by atoms with E-state index >= 15 is 0 Å². The minimum Gasteiger partial charge on any atom is -0.342 e. The summed E-state index contributed by atoms with van der Waals surface area (Å²) in [5.74, 6) is 1.70. The summed E-state index contributed by atoms with van der Waals surface area (Å²) in [5.41, 5.74) is 3.33. The van der Waals surface area contributed by atoms with Crippen LogP contribution in [0, 0.1) is 0 Å². The molecule has 5 nitrogen and oxygen atoms in total. The highest BCUT2D eigenvalue weighted by atomic mass is 32.1. The Morgan fingerprint density at radius 3 is 2.77 bits per heavy atom. The van der Waals surface area contributed by atoms with Crippen molar-refractivity contribution in [1.82, 2.24) is 25.1 Å². The lowest BCUT2D eigenvalue weighted by Crippen LogP contribution is -2.32. The average Bonchev–Trinajstić information content (AvgIpc) is 3.42. The lowest BCUT2D eigenvalue weighted by molar-refractivity contribution is 0.204. The lowest BCUT2D eigenvalue weighted by atomic mass is 9.96. The summed E-state index contributed by atoms with van der Waals surface area (Å²) < 4.78 is 0. The molecule has 0 amide bonds. The number of hydrogen-bond acceptors (Lipinski definition) is 4. The molecule has 0 aliphatic carbocycles. The van der Waals surface area contributed by atoms with Crippen molar-refractivity contribution in [1.29, 1.82) is 0 Å². The molecule has 0 saturated carbocycles. The van der Waals surface area contributed by atoms with Gasteiger partial charge in [-0.2, -0.15) is 5.10 Å². The van der Waals surface area contributed by atoms with Gasteiger partial charge in [0.2, 0.25) is 0 Å². The predicted molar refractivity (Wildman–Crippen MR) is 105 cm³/mol. The molecule has 5 rings (SSSR count). The molecule has 3 aromatic heterocycles. The number of hydrogen-bond donors (Lipinski definition) is 2. The van der Waals surface area contributed by atoms with Crippen molar-refractivity contribution >= 4 is 22.4 Å². The van der Waals surface area contributed by atoms with Crippen LogP contribution in [0.2, 0.25) is 0 Å². The van der Waals surface area contributed by atoms with Gasteiger partial charge in [-0.15, -0.1) is 11.3 Å². The van der Waals surface area contributed by atoms with E-state index in [0.29, 0.717) is 5.92 Å². The second kappa shape index (κ2) is 6.70. The largest absolute Gasteiger partial charge is 0.342 e. The highest BCUT2D eigenvalue weighted by Gasteiger charge is 2.23. The average molecular weight is 363 g/mol. The van der Waals surface area contributed by atoms with Gasteiger partial charge in [0, 0.05) is 23.5 Å². The van der Waals surface area contributed by atoms with Gasteiger partial charge >= 0.3 is 0 Å². The van der Waals surface area contributed by atoms with Crippen LogP contribution in [0.25, 0.3) is 21.6 Å². The van der Waals surface area contributed by atoms with Crippen molar-refractivity contribution in [2.45, 2.75) is 25.3 Å². The van der Waals surface area contributed by atoms with E-state index in [9.17, 15) is 0 Å². The van der Waals surface area contributed by atoms with Gasteiger partial charge in [-0.05, 0) is 56.3 Å². The fourth-order valence-electron chi connectivity index (χ4n) is 3.75. The minimum atomic E-state index is 0.544. The summed E-state index contributed by atoms with van der Waals surface area (Å²) in [6.45, 7) is 3.28. The summed E-state index contributed by atoms with van der Waals surface area (Å²) in [7, 11) is 0. The normalized spacial score (nSPS) is 16.5. The fraction of sp³-hybridized carbons (Fsp3) is 0.300. The van der Waals surface area contributed by atoms with Crippen LogP contribution in [0.3, 0.4) is 0 Å². The number of nitrogens with zero attached hydrogens (tertiary/aromatic N) is 3. The zero-order valence-corrected chi connectivity index (χ0v) is 15.3. The molecule has 0 spiro atoms. The third-order valence-corrected chi connectivity index (χ3v) is 6.29. The second-order valence-corrected chi connectivity index (χ2v) is 8.09. The summed E-state index contributed by atoms with van der Waals surface area (Å²) in [4.78, 5) is 13.5. The van der Waals surface area contributed by atoms with Gasteiger partial charge in [-0.3, -0.25) is 10.00 Å². The van der Waals surface area contributed by atoms with Crippen molar-refractivity contribution in [2.24, 2.45) is 0 Å². The topological polar surface area (TPSA) is 60.6 Å². The molecule has 6 heteroatoms. The number of rotatable bonds is 4. The van der Waals surface area contributed by atoms with Gasteiger partial charge in [0.15, 0.2) is 0 Å². The van der Waals surface area contributed by atoms with Crippen molar-refractivity contribution in [2.75, 3.05) is 13.1 Å². The number of thiophene rings is 1. The Balaban J connectivity index is 1.22. The molecule has 26 heavy (non-hydrogen) atoms. The standard InChI is InChI=1S/C20H21N5S/c1-2-4-17-16(3-1)22-20(23-17)14-8-11-25(12-9-14)13-15-5-6-19(26-15)18-7-10-21-24-18/h1-7,10,14H,8-9,11-13H2,(H,21,24)(H,22,23). The number of para-hydroxylation sites is 2. The molecular weight excluding hydrogens is 342 g/mol. The maximum atomic E-state index is 4.80. The first-order valence-electron chi connectivity index (χ1n) is 9.10. The first kappa shape index (κ1) is 15.8. The molecule has 0 atom stereocenters. The van der Waals surface area contributed by atoms with Crippen LogP contribution in [0.15, 0.2) is 48.7 Å². The summed E-state index contributed by atoms with van der Waals surface area (Å²) in [6, 6.07) is 14.8. The number of piperidine rings is 1. The van der Waals surface area contributed by atoms with Crippen LogP contribution in [-0.2, 0) is 6.54 Å². The Hall–Kier alpha value is -2.44. The van der Waals surface area contributed by atoms with Gasteiger partial charge in [0.1, 0.15) is 5.82 Å².